The maximum atomic E-state index is 11.9. The first-order valence-corrected chi connectivity index (χ1v) is 7.86. The second kappa shape index (κ2) is 7.03. The second-order valence-corrected chi connectivity index (χ2v) is 6.79. The van der Waals surface area contributed by atoms with Gasteiger partial charge in [-0.25, -0.2) is 0 Å². The molecule has 4 nitrogen and oxygen atoms in total. The molecule has 0 bridgehead atoms. The lowest BCUT2D eigenvalue weighted by Crippen LogP contribution is -2.19. The first kappa shape index (κ1) is 16.1. The molecule has 1 aromatic carbocycles. The molecule has 5 heteroatoms. The van der Waals surface area contributed by atoms with Crippen molar-refractivity contribution in [2.24, 2.45) is 5.92 Å². The van der Waals surface area contributed by atoms with Crippen molar-refractivity contribution in [3.8, 4) is 0 Å². The van der Waals surface area contributed by atoms with Crippen LogP contribution in [0.4, 0.5) is 0 Å². The zero-order valence-electron chi connectivity index (χ0n) is 11.7. The van der Waals surface area contributed by atoms with Gasteiger partial charge in [0.2, 0.25) is 0 Å². The van der Waals surface area contributed by atoms with E-state index < -0.39 is 16.2 Å². The fourth-order valence-electron chi connectivity index (χ4n) is 1.55. The quantitative estimate of drug-likeness (QED) is 0.782. The fourth-order valence-corrected chi connectivity index (χ4v) is 2.49. The molecule has 0 aliphatic rings. The molecular weight excluding hydrogens is 264 g/mol. The average Bonchev–Trinajstić information content (AvgIpc) is 2.34. The number of benzene rings is 1. The molecule has 0 aliphatic heterocycles. The molecule has 1 N–H and O–H groups in total. The highest BCUT2D eigenvalue weighted by atomic mass is 32.2. The van der Waals surface area contributed by atoms with E-state index in [1.165, 1.54) is 12.1 Å². The Kier molecular flexibility index (Phi) is 5.97. The summed E-state index contributed by atoms with van der Waals surface area (Å²) in [6.07, 6.45) is 0.638. The number of aliphatic hydroxyl groups is 1. The van der Waals surface area contributed by atoms with Crippen molar-refractivity contribution >= 4 is 10.1 Å². The summed E-state index contributed by atoms with van der Waals surface area (Å²) in [5, 5.41) is 9.66. The minimum atomic E-state index is -3.77. The Balaban J connectivity index is 2.53. The van der Waals surface area contributed by atoms with E-state index in [9.17, 15) is 13.5 Å². The summed E-state index contributed by atoms with van der Waals surface area (Å²) in [6.45, 7) is 5.79. The van der Waals surface area contributed by atoms with Crippen LogP contribution in [0, 0.1) is 12.8 Å². The standard InChI is InChI=1S/C14H22O4S/c1-11(2)4-7-13(15)10-18-19(16,17)14-8-5-12(3)6-9-14/h5-6,8-9,11,13,15H,4,7,10H2,1-3H3/t13-/m1/s1. The molecule has 0 aromatic heterocycles. The number of aliphatic hydroxyl groups excluding tert-OH is 1. The highest BCUT2D eigenvalue weighted by molar-refractivity contribution is 7.86. The smallest absolute Gasteiger partial charge is 0.297 e. The zero-order valence-corrected chi connectivity index (χ0v) is 12.5. The van der Waals surface area contributed by atoms with Gasteiger partial charge in [-0.05, 0) is 37.8 Å². The molecule has 0 unspecified atom stereocenters. The number of hydrogen-bond donors (Lipinski definition) is 1. The topological polar surface area (TPSA) is 63.6 Å². The van der Waals surface area contributed by atoms with Crippen LogP contribution in [0.1, 0.15) is 32.3 Å². The van der Waals surface area contributed by atoms with Gasteiger partial charge in [0.15, 0.2) is 0 Å². The van der Waals surface area contributed by atoms with Crippen molar-refractivity contribution in [1.82, 2.24) is 0 Å². The van der Waals surface area contributed by atoms with E-state index in [-0.39, 0.29) is 11.5 Å². The van der Waals surface area contributed by atoms with Crippen molar-refractivity contribution in [2.75, 3.05) is 6.61 Å². The van der Waals surface area contributed by atoms with E-state index >= 15 is 0 Å². The Hall–Kier alpha value is -0.910. The Morgan fingerprint density at radius 3 is 2.26 bits per heavy atom. The number of aryl methyl sites for hydroxylation is 1. The van der Waals surface area contributed by atoms with Crippen LogP contribution in [0.25, 0.3) is 0 Å². The maximum Gasteiger partial charge on any atom is 0.297 e. The van der Waals surface area contributed by atoms with Crippen LogP contribution < -0.4 is 0 Å². The van der Waals surface area contributed by atoms with Gasteiger partial charge in [0.25, 0.3) is 10.1 Å². The van der Waals surface area contributed by atoms with E-state index in [2.05, 4.69) is 13.8 Å². The van der Waals surface area contributed by atoms with Crippen LogP contribution >= 0.6 is 0 Å². The molecule has 0 aliphatic carbocycles. The Bertz CT molecular complexity index is 477. The summed E-state index contributed by atoms with van der Waals surface area (Å²) >= 11 is 0. The summed E-state index contributed by atoms with van der Waals surface area (Å²) in [5.74, 6) is 0.475. The summed E-state index contributed by atoms with van der Waals surface area (Å²) in [7, 11) is -3.77. The highest BCUT2D eigenvalue weighted by Crippen LogP contribution is 2.14. The molecule has 1 aromatic rings. The number of hydrogen-bond acceptors (Lipinski definition) is 4. The lowest BCUT2D eigenvalue weighted by molar-refractivity contribution is 0.0979. The maximum absolute atomic E-state index is 11.9. The van der Waals surface area contributed by atoms with Crippen LogP contribution in [-0.4, -0.2) is 26.2 Å². The summed E-state index contributed by atoms with van der Waals surface area (Å²) in [6, 6.07) is 6.44. The van der Waals surface area contributed by atoms with Crippen LogP contribution in [0.5, 0.6) is 0 Å². The van der Waals surface area contributed by atoms with Gasteiger partial charge in [-0.2, -0.15) is 8.42 Å². The summed E-state index contributed by atoms with van der Waals surface area (Å²) in [5.41, 5.74) is 0.982. The van der Waals surface area contributed by atoms with Gasteiger partial charge in [-0.1, -0.05) is 31.5 Å². The zero-order chi connectivity index (χ0) is 14.5. The van der Waals surface area contributed by atoms with Crippen molar-refractivity contribution < 1.29 is 17.7 Å². The fraction of sp³-hybridized carbons (Fsp3) is 0.571. The van der Waals surface area contributed by atoms with E-state index in [1.54, 1.807) is 12.1 Å². The third kappa shape index (κ3) is 5.72. The molecule has 0 radical (unpaired) electrons. The molecule has 108 valence electrons. The lowest BCUT2D eigenvalue weighted by Gasteiger charge is -2.12. The van der Waals surface area contributed by atoms with Crippen LogP contribution in [0.15, 0.2) is 29.2 Å². The predicted molar refractivity (Wildman–Crippen MR) is 74.4 cm³/mol. The van der Waals surface area contributed by atoms with E-state index in [0.29, 0.717) is 12.3 Å². The van der Waals surface area contributed by atoms with E-state index in [4.69, 9.17) is 4.18 Å². The van der Waals surface area contributed by atoms with Gasteiger partial charge < -0.3 is 5.11 Å². The molecule has 1 atom stereocenters. The second-order valence-electron chi connectivity index (χ2n) is 5.18. The summed E-state index contributed by atoms with van der Waals surface area (Å²) in [4.78, 5) is 0.120. The SMILES string of the molecule is Cc1ccc(S(=O)(=O)OC[C@H](O)CCC(C)C)cc1. The molecule has 19 heavy (non-hydrogen) atoms. The van der Waals surface area contributed by atoms with E-state index in [1.807, 2.05) is 6.92 Å². The van der Waals surface area contributed by atoms with E-state index in [0.717, 1.165) is 12.0 Å². The van der Waals surface area contributed by atoms with Gasteiger partial charge >= 0.3 is 0 Å². The number of rotatable bonds is 7. The minimum Gasteiger partial charge on any atom is -0.391 e. The Morgan fingerprint density at radius 2 is 1.74 bits per heavy atom. The molecule has 0 spiro atoms. The first-order chi connectivity index (χ1) is 8.81. The molecule has 0 heterocycles. The van der Waals surface area contributed by atoms with Crippen LogP contribution in [0.3, 0.4) is 0 Å². The highest BCUT2D eigenvalue weighted by Gasteiger charge is 2.17. The molecule has 1 rings (SSSR count). The minimum absolute atomic E-state index is 0.120. The molecule has 0 saturated heterocycles. The van der Waals surface area contributed by atoms with Crippen molar-refractivity contribution in [3.05, 3.63) is 29.8 Å². The normalized spacial score (nSPS) is 13.7. The first-order valence-electron chi connectivity index (χ1n) is 6.45. The van der Waals surface area contributed by atoms with Gasteiger partial charge in [0.1, 0.15) is 0 Å². The lowest BCUT2D eigenvalue weighted by atomic mass is 10.1. The average molecular weight is 286 g/mol. The van der Waals surface area contributed by atoms with Crippen molar-refractivity contribution in [3.63, 3.8) is 0 Å². The monoisotopic (exact) mass is 286 g/mol. The van der Waals surface area contributed by atoms with Gasteiger partial charge in [0.05, 0.1) is 17.6 Å². The van der Waals surface area contributed by atoms with Crippen molar-refractivity contribution in [1.29, 1.82) is 0 Å². The predicted octanol–water partition coefficient (Wildman–Crippen LogP) is 2.50. The molecule has 0 amide bonds. The Labute approximate surface area is 115 Å². The van der Waals surface area contributed by atoms with Crippen molar-refractivity contribution in [2.45, 2.75) is 44.6 Å². The molecular formula is C14H22O4S. The third-order valence-electron chi connectivity index (χ3n) is 2.80. The largest absolute Gasteiger partial charge is 0.391 e. The van der Waals surface area contributed by atoms with Gasteiger partial charge in [-0.3, -0.25) is 4.18 Å². The van der Waals surface area contributed by atoms with Gasteiger partial charge in [-0.15, -0.1) is 0 Å². The summed E-state index contributed by atoms with van der Waals surface area (Å²) < 4.78 is 28.6. The Morgan fingerprint density at radius 1 is 1.16 bits per heavy atom. The van der Waals surface area contributed by atoms with Crippen LogP contribution in [-0.2, 0) is 14.3 Å². The molecule has 0 fully saturated rings. The van der Waals surface area contributed by atoms with Crippen LogP contribution in [0.2, 0.25) is 0 Å². The van der Waals surface area contributed by atoms with Gasteiger partial charge in [0, 0.05) is 0 Å². The third-order valence-corrected chi connectivity index (χ3v) is 4.10. The molecule has 0 saturated carbocycles.